The first kappa shape index (κ1) is 19.5. The van der Waals surface area contributed by atoms with E-state index < -0.39 is 11.0 Å². The summed E-state index contributed by atoms with van der Waals surface area (Å²) in [6.45, 7) is 4.30. The van der Waals surface area contributed by atoms with Crippen LogP contribution in [0.5, 0.6) is 17.2 Å². The van der Waals surface area contributed by atoms with E-state index in [1.807, 2.05) is 13.8 Å². The number of methoxy groups -OCH3 is 1. The topological polar surface area (TPSA) is 91.1 Å². The van der Waals surface area contributed by atoms with Gasteiger partial charge in [-0.1, -0.05) is 13.8 Å². The van der Waals surface area contributed by atoms with Crippen molar-refractivity contribution in [1.29, 1.82) is 0 Å². The van der Waals surface area contributed by atoms with E-state index in [1.54, 1.807) is 36.3 Å². The molecule has 8 nitrogen and oxygen atoms in total. The van der Waals surface area contributed by atoms with Crippen LogP contribution in [-0.4, -0.2) is 37.2 Å². The third-order valence-corrected chi connectivity index (χ3v) is 4.46. The van der Waals surface area contributed by atoms with Crippen LogP contribution < -0.4 is 19.1 Å². The maximum Gasteiger partial charge on any atom is 0.273 e. The quantitative estimate of drug-likeness (QED) is 0.535. The molecular formula is C20H22N2O6. The Kier molecular flexibility index (Phi) is 5.67. The summed E-state index contributed by atoms with van der Waals surface area (Å²) < 4.78 is 16.6. The zero-order chi connectivity index (χ0) is 20.3. The summed E-state index contributed by atoms with van der Waals surface area (Å²) in [6.07, 6.45) is -0.699. The van der Waals surface area contributed by atoms with Crippen LogP contribution in [0.4, 0.5) is 11.4 Å². The maximum atomic E-state index is 12.9. The fourth-order valence-electron chi connectivity index (χ4n) is 2.97. The first-order valence-electron chi connectivity index (χ1n) is 8.94. The number of hydrogen-bond acceptors (Lipinski definition) is 6. The first-order valence-corrected chi connectivity index (χ1v) is 8.94. The van der Waals surface area contributed by atoms with Crippen molar-refractivity contribution in [2.24, 2.45) is 5.92 Å². The van der Waals surface area contributed by atoms with Crippen molar-refractivity contribution < 1.29 is 23.9 Å². The minimum atomic E-state index is -0.699. The average Bonchev–Trinajstić information content (AvgIpc) is 2.69. The van der Waals surface area contributed by atoms with Crippen molar-refractivity contribution in [2.75, 3.05) is 25.2 Å². The Morgan fingerprint density at radius 3 is 2.46 bits per heavy atom. The molecule has 0 N–H and O–H groups in total. The summed E-state index contributed by atoms with van der Waals surface area (Å²) in [5, 5.41) is 11.1. The highest BCUT2D eigenvalue weighted by Crippen LogP contribution is 2.38. The normalized spacial score (nSPS) is 15.8. The van der Waals surface area contributed by atoms with Crippen LogP contribution in [0.1, 0.15) is 13.8 Å². The summed E-state index contributed by atoms with van der Waals surface area (Å²) >= 11 is 0. The van der Waals surface area contributed by atoms with Gasteiger partial charge in [-0.15, -0.1) is 0 Å². The van der Waals surface area contributed by atoms with Gasteiger partial charge in [-0.05, 0) is 36.2 Å². The average molecular weight is 386 g/mol. The highest BCUT2D eigenvalue weighted by molar-refractivity contribution is 6.00. The fraction of sp³-hybridized carbons (Fsp3) is 0.350. The van der Waals surface area contributed by atoms with E-state index in [0.717, 1.165) is 5.75 Å². The van der Waals surface area contributed by atoms with Gasteiger partial charge in [0.25, 0.3) is 11.6 Å². The van der Waals surface area contributed by atoms with Crippen LogP contribution in [0.15, 0.2) is 42.5 Å². The molecule has 1 atom stereocenters. The highest BCUT2D eigenvalue weighted by atomic mass is 16.6. The largest absolute Gasteiger partial charge is 0.497 e. The van der Waals surface area contributed by atoms with Crippen LogP contribution in [0.3, 0.4) is 0 Å². The third kappa shape index (κ3) is 4.00. The van der Waals surface area contributed by atoms with Crippen molar-refractivity contribution in [3.63, 3.8) is 0 Å². The van der Waals surface area contributed by atoms with Gasteiger partial charge in [0.15, 0.2) is 11.9 Å². The lowest BCUT2D eigenvalue weighted by Gasteiger charge is -2.35. The van der Waals surface area contributed by atoms with E-state index in [-0.39, 0.29) is 24.1 Å². The predicted molar refractivity (Wildman–Crippen MR) is 103 cm³/mol. The second kappa shape index (κ2) is 8.16. The smallest absolute Gasteiger partial charge is 0.273 e. The molecular weight excluding hydrogens is 364 g/mol. The van der Waals surface area contributed by atoms with Gasteiger partial charge in [0, 0.05) is 6.07 Å². The number of nitro benzene ring substituents is 1. The molecule has 0 aromatic heterocycles. The van der Waals surface area contributed by atoms with Crippen LogP contribution in [-0.2, 0) is 4.79 Å². The molecule has 0 bridgehead atoms. The lowest BCUT2D eigenvalue weighted by molar-refractivity contribution is -0.384. The molecule has 1 aliphatic rings. The van der Waals surface area contributed by atoms with Gasteiger partial charge in [0.1, 0.15) is 18.1 Å². The Labute approximate surface area is 162 Å². The van der Waals surface area contributed by atoms with Gasteiger partial charge in [0.2, 0.25) is 0 Å². The Bertz CT molecular complexity index is 865. The van der Waals surface area contributed by atoms with E-state index >= 15 is 0 Å². The number of non-ortho nitro benzene ring substituents is 1. The van der Waals surface area contributed by atoms with E-state index in [1.165, 1.54) is 18.2 Å². The number of anilines is 1. The van der Waals surface area contributed by atoms with Gasteiger partial charge in [-0.3, -0.25) is 14.9 Å². The number of carbonyl (C=O) groups excluding carboxylic acids is 1. The molecule has 148 valence electrons. The number of amides is 1. The second-order valence-electron chi connectivity index (χ2n) is 6.71. The molecule has 3 rings (SSSR count). The highest BCUT2D eigenvalue weighted by Gasteiger charge is 2.37. The summed E-state index contributed by atoms with van der Waals surface area (Å²) in [7, 11) is 1.59. The van der Waals surface area contributed by atoms with Gasteiger partial charge >= 0.3 is 0 Å². The lowest BCUT2D eigenvalue weighted by atomic mass is 10.0. The standard InChI is InChI=1S/C20H22N2O6/c1-13(2)19-20(23)21(10-11-27-16-7-5-15(26-3)6-8-16)17-9-4-14(22(24)25)12-18(17)28-19/h4-9,12-13,19H,10-11H2,1-3H3. The van der Waals surface area contributed by atoms with E-state index in [0.29, 0.717) is 23.7 Å². The molecule has 0 saturated carbocycles. The van der Waals surface area contributed by atoms with E-state index in [9.17, 15) is 14.9 Å². The van der Waals surface area contributed by atoms with Crippen LogP contribution >= 0.6 is 0 Å². The van der Waals surface area contributed by atoms with Crippen molar-refractivity contribution in [1.82, 2.24) is 0 Å². The van der Waals surface area contributed by atoms with Crippen molar-refractivity contribution >= 4 is 17.3 Å². The molecule has 0 saturated heterocycles. The second-order valence-corrected chi connectivity index (χ2v) is 6.71. The van der Waals surface area contributed by atoms with Crippen molar-refractivity contribution in [3.05, 3.63) is 52.6 Å². The summed E-state index contributed by atoms with van der Waals surface area (Å²) in [5.74, 6) is 1.45. The molecule has 2 aromatic carbocycles. The zero-order valence-corrected chi connectivity index (χ0v) is 16.0. The number of rotatable bonds is 7. The van der Waals surface area contributed by atoms with Crippen LogP contribution in [0, 0.1) is 16.0 Å². The van der Waals surface area contributed by atoms with Crippen LogP contribution in [0.2, 0.25) is 0 Å². The first-order chi connectivity index (χ1) is 13.4. The Hall–Kier alpha value is -3.29. The lowest BCUT2D eigenvalue weighted by Crippen LogP contribution is -2.49. The molecule has 0 spiro atoms. The van der Waals surface area contributed by atoms with Gasteiger partial charge in [0.05, 0.1) is 30.3 Å². The maximum absolute atomic E-state index is 12.9. The number of benzene rings is 2. The summed E-state index contributed by atoms with van der Waals surface area (Å²) in [6, 6.07) is 11.4. The van der Waals surface area contributed by atoms with Crippen LogP contribution in [0.25, 0.3) is 0 Å². The van der Waals surface area contributed by atoms with Gasteiger partial charge in [-0.2, -0.15) is 0 Å². The SMILES string of the molecule is COc1ccc(OCCN2C(=O)C(C(C)C)Oc3cc([N+](=O)[O-])ccc32)cc1. The molecule has 0 radical (unpaired) electrons. The van der Waals surface area contributed by atoms with Gasteiger partial charge in [-0.25, -0.2) is 0 Å². The molecule has 1 amide bonds. The number of hydrogen-bond donors (Lipinski definition) is 0. The molecule has 0 aliphatic carbocycles. The molecule has 28 heavy (non-hydrogen) atoms. The number of carbonyl (C=O) groups is 1. The Balaban J connectivity index is 1.78. The summed E-state index contributed by atoms with van der Waals surface area (Å²) in [5.41, 5.74) is 0.427. The van der Waals surface area contributed by atoms with Gasteiger partial charge < -0.3 is 19.1 Å². The third-order valence-electron chi connectivity index (χ3n) is 4.46. The molecule has 8 heteroatoms. The minimum Gasteiger partial charge on any atom is -0.497 e. The molecule has 0 fully saturated rings. The van der Waals surface area contributed by atoms with Crippen molar-refractivity contribution in [2.45, 2.75) is 20.0 Å². The minimum absolute atomic E-state index is 0.0787. The van der Waals surface area contributed by atoms with E-state index in [4.69, 9.17) is 14.2 Å². The Morgan fingerprint density at radius 2 is 1.86 bits per heavy atom. The van der Waals surface area contributed by atoms with Crippen molar-refractivity contribution in [3.8, 4) is 17.2 Å². The molecule has 1 unspecified atom stereocenters. The predicted octanol–water partition coefficient (Wildman–Crippen LogP) is 3.43. The Morgan fingerprint density at radius 1 is 1.18 bits per heavy atom. The number of nitrogens with zero attached hydrogens (tertiary/aromatic N) is 2. The monoisotopic (exact) mass is 386 g/mol. The molecule has 1 aliphatic heterocycles. The summed E-state index contributed by atoms with van der Waals surface area (Å²) in [4.78, 5) is 25.0. The molecule has 1 heterocycles. The van der Waals surface area contributed by atoms with E-state index in [2.05, 4.69) is 0 Å². The molecule has 2 aromatic rings. The zero-order valence-electron chi connectivity index (χ0n) is 16.0. The number of ether oxygens (including phenoxy) is 3. The fourth-order valence-corrected chi connectivity index (χ4v) is 2.97. The number of fused-ring (bicyclic) bond motifs is 1. The number of nitro groups is 1.